The number of allylic oxidation sites excluding steroid dienone is 5. The van der Waals surface area contributed by atoms with E-state index in [9.17, 15) is 0 Å². The molecule has 2 aromatic rings. The zero-order valence-corrected chi connectivity index (χ0v) is 20.7. The van der Waals surface area contributed by atoms with Gasteiger partial charge in [-0.25, -0.2) is 0 Å². The van der Waals surface area contributed by atoms with Gasteiger partial charge in [-0.2, -0.15) is 0 Å². The Morgan fingerprint density at radius 2 is 1.78 bits per heavy atom. The smallest absolute Gasteiger partial charge is 1.00 e. The third-order valence-electron chi connectivity index (χ3n) is 5.77. The second-order valence-corrected chi connectivity index (χ2v) is 7.15. The molecule has 0 aliphatic heterocycles. The van der Waals surface area contributed by atoms with Crippen LogP contribution in [-0.2, 0) is 37.7 Å². The Bertz CT molecular complexity index is 866. The van der Waals surface area contributed by atoms with E-state index < -0.39 is 0 Å². The minimum absolute atomic E-state index is 0. The molecule has 1 unspecified atom stereocenters. The van der Waals surface area contributed by atoms with E-state index in [0.717, 1.165) is 25.7 Å². The maximum absolute atomic E-state index is 3.95. The van der Waals surface area contributed by atoms with Crippen molar-refractivity contribution < 1.29 is 50.7 Å². The van der Waals surface area contributed by atoms with Crippen molar-refractivity contribution >= 4 is 0 Å². The summed E-state index contributed by atoms with van der Waals surface area (Å²) in [6.07, 6.45) is 13.2. The van der Waals surface area contributed by atoms with Crippen LogP contribution in [-0.4, -0.2) is 0 Å². The van der Waals surface area contributed by atoms with Crippen LogP contribution in [0, 0.1) is 0 Å². The summed E-state index contributed by atoms with van der Waals surface area (Å²) in [4.78, 5) is 0. The predicted octanol–water partition coefficient (Wildman–Crippen LogP) is 0.374. The average molecular weight is 562 g/mol. The van der Waals surface area contributed by atoms with E-state index in [0.29, 0.717) is 0 Å². The van der Waals surface area contributed by atoms with Gasteiger partial charge in [-0.3, -0.25) is 0 Å². The molecule has 4 rings (SSSR count). The maximum atomic E-state index is 3.95. The van der Waals surface area contributed by atoms with Crippen LogP contribution >= 0.6 is 0 Å². The zero-order chi connectivity index (χ0) is 16.6. The van der Waals surface area contributed by atoms with Gasteiger partial charge in [-0.1, -0.05) is 79.3 Å². The Hall–Kier alpha value is -0.890. The summed E-state index contributed by atoms with van der Waals surface area (Å²) in [7, 11) is 0. The first kappa shape index (κ1) is 24.1. The Labute approximate surface area is 194 Å². The largest absolute Gasteiger partial charge is 2.00 e. The van der Waals surface area contributed by atoms with E-state index in [1.54, 1.807) is 0 Å². The molecule has 0 N–H and O–H groups in total. The van der Waals surface area contributed by atoms with Gasteiger partial charge in [0.05, 0.1) is 0 Å². The van der Waals surface area contributed by atoms with Crippen LogP contribution in [0.15, 0.2) is 78.9 Å². The number of hydrogen-bond donors (Lipinski definition) is 0. The summed E-state index contributed by atoms with van der Waals surface area (Å²) in [6.45, 7) is 6.38. The van der Waals surface area contributed by atoms with Crippen LogP contribution in [0.2, 0.25) is 0 Å². The molecular formula is C24H24Cl2Hf. The van der Waals surface area contributed by atoms with Crippen molar-refractivity contribution in [2.45, 2.75) is 38.0 Å². The molecule has 138 valence electrons. The molecular weight excluding hydrogens is 538 g/mol. The summed E-state index contributed by atoms with van der Waals surface area (Å²) in [5, 5.41) is 0. The number of rotatable bonds is 5. The summed E-state index contributed by atoms with van der Waals surface area (Å²) >= 11 is 0. The first-order chi connectivity index (χ1) is 11.7. The third-order valence-corrected chi connectivity index (χ3v) is 5.77. The summed E-state index contributed by atoms with van der Waals surface area (Å²) in [5.74, 6) is 0. The molecule has 2 aromatic carbocycles. The SMILES string of the molecule is C=CCCC(C)(C1=CC=CC1)c1cccc2c1Cc1ccccc1-2.[Cl-].[Cl-].[Hf+2]. The molecule has 0 fully saturated rings. The van der Waals surface area contributed by atoms with Crippen molar-refractivity contribution in [3.63, 3.8) is 0 Å². The van der Waals surface area contributed by atoms with Gasteiger partial charge < -0.3 is 24.8 Å². The standard InChI is InChI=1S/C24H24.2ClH.Hf/c1-3-4-16-24(2,19-11-6-7-12-19)23-15-9-14-21-20-13-8-5-10-18(20)17-22(21)23;;;/h3,5-11,13-15H,1,4,12,16-17H2,2H3;2*1H;/q;;;+2/p-2. The summed E-state index contributed by atoms with van der Waals surface area (Å²) < 4.78 is 0. The van der Waals surface area contributed by atoms with E-state index in [1.807, 2.05) is 0 Å². The van der Waals surface area contributed by atoms with Gasteiger partial charge in [0.15, 0.2) is 0 Å². The van der Waals surface area contributed by atoms with Crippen molar-refractivity contribution in [1.29, 1.82) is 0 Å². The van der Waals surface area contributed by atoms with E-state index in [2.05, 4.69) is 80.3 Å². The number of benzene rings is 2. The second-order valence-electron chi connectivity index (χ2n) is 7.15. The molecule has 0 aromatic heterocycles. The molecule has 0 saturated heterocycles. The van der Waals surface area contributed by atoms with Gasteiger partial charge in [0, 0.05) is 5.41 Å². The van der Waals surface area contributed by atoms with Crippen LogP contribution in [0.3, 0.4) is 0 Å². The van der Waals surface area contributed by atoms with Gasteiger partial charge in [0.25, 0.3) is 0 Å². The van der Waals surface area contributed by atoms with E-state index >= 15 is 0 Å². The molecule has 3 heteroatoms. The van der Waals surface area contributed by atoms with Gasteiger partial charge in [0.2, 0.25) is 0 Å². The Morgan fingerprint density at radius 3 is 2.48 bits per heavy atom. The van der Waals surface area contributed by atoms with Crippen molar-refractivity contribution in [3.8, 4) is 11.1 Å². The predicted molar refractivity (Wildman–Crippen MR) is 103 cm³/mol. The van der Waals surface area contributed by atoms with Crippen LogP contribution in [0.1, 0.15) is 42.9 Å². The van der Waals surface area contributed by atoms with Gasteiger partial charge in [-0.05, 0) is 53.5 Å². The third kappa shape index (κ3) is 4.26. The minimum Gasteiger partial charge on any atom is -1.00 e. The molecule has 0 spiro atoms. The zero-order valence-electron chi connectivity index (χ0n) is 15.6. The summed E-state index contributed by atoms with van der Waals surface area (Å²) in [5.41, 5.74) is 8.97. The number of hydrogen-bond acceptors (Lipinski definition) is 0. The minimum atomic E-state index is 0. The second kappa shape index (κ2) is 10.1. The molecule has 1 atom stereocenters. The topological polar surface area (TPSA) is 0 Å². The van der Waals surface area contributed by atoms with Crippen molar-refractivity contribution in [2.75, 3.05) is 0 Å². The number of halogens is 2. The molecule has 0 bridgehead atoms. The molecule has 2 aliphatic rings. The molecule has 0 nitrogen and oxygen atoms in total. The maximum Gasteiger partial charge on any atom is 2.00 e. The quantitative estimate of drug-likeness (QED) is 0.312. The Morgan fingerprint density at radius 1 is 1.04 bits per heavy atom. The Kier molecular flexibility index (Phi) is 8.99. The van der Waals surface area contributed by atoms with Gasteiger partial charge >= 0.3 is 25.8 Å². The number of fused-ring (bicyclic) bond motifs is 3. The fraction of sp³-hybridized carbons (Fsp3) is 0.250. The molecule has 27 heavy (non-hydrogen) atoms. The van der Waals surface area contributed by atoms with E-state index in [-0.39, 0.29) is 56.1 Å². The van der Waals surface area contributed by atoms with Gasteiger partial charge in [-0.15, -0.1) is 6.58 Å². The van der Waals surface area contributed by atoms with Crippen molar-refractivity contribution in [2.24, 2.45) is 0 Å². The van der Waals surface area contributed by atoms with E-state index in [4.69, 9.17) is 0 Å². The fourth-order valence-corrected chi connectivity index (χ4v) is 4.39. The summed E-state index contributed by atoms with van der Waals surface area (Å²) in [6, 6.07) is 15.7. The monoisotopic (exact) mass is 562 g/mol. The average Bonchev–Trinajstić information content (AvgIpc) is 3.27. The first-order valence-corrected chi connectivity index (χ1v) is 8.92. The van der Waals surface area contributed by atoms with Crippen molar-refractivity contribution in [1.82, 2.24) is 0 Å². The first-order valence-electron chi connectivity index (χ1n) is 8.92. The molecule has 0 saturated carbocycles. The van der Waals surface area contributed by atoms with Crippen LogP contribution < -0.4 is 24.8 Å². The van der Waals surface area contributed by atoms with Crippen LogP contribution in [0.4, 0.5) is 0 Å². The molecule has 0 amide bonds. The Balaban J connectivity index is 0.00000121. The van der Waals surface area contributed by atoms with Crippen LogP contribution in [0.5, 0.6) is 0 Å². The molecule has 0 heterocycles. The van der Waals surface area contributed by atoms with E-state index in [1.165, 1.54) is 33.4 Å². The normalized spacial score (nSPS) is 15.2. The molecule has 2 aliphatic carbocycles. The fourth-order valence-electron chi connectivity index (χ4n) is 4.39. The van der Waals surface area contributed by atoms with Crippen molar-refractivity contribution in [3.05, 3.63) is 95.6 Å². The molecule has 0 radical (unpaired) electrons. The van der Waals surface area contributed by atoms with Gasteiger partial charge in [0.1, 0.15) is 0 Å². The van der Waals surface area contributed by atoms with Crippen LogP contribution in [0.25, 0.3) is 11.1 Å².